The summed E-state index contributed by atoms with van der Waals surface area (Å²) in [4.78, 5) is 26.2. The van der Waals surface area contributed by atoms with Crippen molar-refractivity contribution in [2.45, 2.75) is 17.9 Å². The molecule has 1 aliphatic heterocycles. The molecule has 0 spiro atoms. The van der Waals surface area contributed by atoms with Gasteiger partial charge in [0.2, 0.25) is 10.0 Å². The summed E-state index contributed by atoms with van der Waals surface area (Å²) in [5.41, 5.74) is 2.94. The van der Waals surface area contributed by atoms with Crippen LogP contribution < -0.4 is 9.86 Å². The van der Waals surface area contributed by atoms with Crippen LogP contribution in [0.2, 0.25) is 0 Å². The Morgan fingerprint density at radius 3 is 2.52 bits per heavy atom. The number of carbonyl (C=O) groups excluding carboxylic acids is 1. The van der Waals surface area contributed by atoms with Crippen LogP contribution in [0.25, 0.3) is 11.3 Å². The van der Waals surface area contributed by atoms with Gasteiger partial charge in [0.25, 0.3) is 5.56 Å². The molecule has 31 heavy (non-hydrogen) atoms. The largest absolute Gasteiger partial charge is 0.292 e. The lowest BCUT2D eigenvalue weighted by Crippen LogP contribution is -2.27. The molecule has 0 saturated heterocycles. The summed E-state index contributed by atoms with van der Waals surface area (Å²) in [6.45, 7) is 0.175. The van der Waals surface area contributed by atoms with Gasteiger partial charge in [0.15, 0.2) is 5.78 Å². The van der Waals surface area contributed by atoms with E-state index >= 15 is 0 Å². The molecule has 3 aromatic rings. The highest BCUT2D eigenvalue weighted by molar-refractivity contribution is 7.98. The molecule has 0 aliphatic carbocycles. The van der Waals surface area contributed by atoms with E-state index in [1.807, 2.05) is 30.5 Å². The molecule has 1 aliphatic rings. The van der Waals surface area contributed by atoms with Crippen molar-refractivity contribution in [2.24, 2.45) is 0 Å². The van der Waals surface area contributed by atoms with E-state index in [0.717, 1.165) is 20.7 Å². The SMILES string of the molecule is CSc1ccc(-c2ccc(=O)n(CC(=O)c3ccc4c(c3)CCN4S(C)(=O)=O)n2)cc1. The van der Waals surface area contributed by atoms with Gasteiger partial charge in [-0.2, -0.15) is 5.10 Å². The van der Waals surface area contributed by atoms with Crippen molar-refractivity contribution < 1.29 is 13.2 Å². The van der Waals surface area contributed by atoms with Gasteiger partial charge in [0.05, 0.1) is 17.6 Å². The minimum atomic E-state index is -3.35. The van der Waals surface area contributed by atoms with E-state index in [2.05, 4.69) is 5.10 Å². The predicted molar refractivity (Wildman–Crippen MR) is 122 cm³/mol. The fourth-order valence-corrected chi connectivity index (χ4v) is 4.96. The van der Waals surface area contributed by atoms with Gasteiger partial charge in [0.1, 0.15) is 6.54 Å². The van der Waals surface area contributed by atoms with E-state index in [-0.39, 0.29) is 17.9 Å². The summed E-state index contributed by atoms with van der Waals surface area (Å²) in [6, 6.07) is 15.8. The number of anilines is 1. The van der Waals surface area contributed by atoms with Gasteiger partial charge < -0.3 is 0 Å². The van der Waals surface area contributed by atoms with Crippen molar-refractivity contribution in [1.82, 2.24) is 9.78 Å². The van der Waals surface area contributed by atoms with Gasteiger partial charge in [-0.3, -0.25) is 13.9 Å². The molecule has 4 rings (SSSR count). The molecular weight excluding hydrogens is 434 g/mol. The minimum Gasteiger partial charge on any atom is -0.292 e. The predicted octanol–water partition coefficient (Wildman–Crippen LogP) is 2.84. The van der Waals surface area contributed by atoms with Crippen molar-refractivity contribution >= 4 is 33.3 Å². The van der Waals surface area contributed by atoms with Crippen LogP contribution >= 0.6 is 11.8 Å². The summed E-state index contributed by atoms with van der Waals surface area (Å²) in [7, 11) is -3.35. The Kier molecular flexibility index (Phi) is 5.72. The van der Waals surface area contributed by atoms with Crippen molar-refractivity contribution in [2.75, 3.05) is 23.4 Å². The van der Waals surface area contributed by atoms with Crippen LogP contribution in [0, 0.1) is 0 Å². The Morgan fingerprint density at radius 2 is 1.84 bits per heavy atom. The zero-order valence-electron chi connectivity index (χ0n) is 17.1. The first-order valence-corrected chi connectivity index (χ1v) is 12.7. The van der Waals surface area contributed by atoms with Gasteiger partial charge >= 0.3 is 0 Å². The molecule has 0 fully saturated rings. The molecule has 0 atom stereocenters. The molecule has 9 heteroatoms. The fourth-order valence-electron chi connectivity index (χ4n) is 3.59. The highest BCUT2D eigenvalue weighted by Gasteiger charge is 2.26. The Bertz CT molecular complexity index is 1320. The van der Waals surface area contributed by atoms with E-state index in [4.69, 9.17) is 0 Å². The third-order valence-corrected chi connectivity index (χ3v) is 7.12. The van der Waals surface area contributed by atoms with E-state index in [9.17, 15) is 18.0 Å². The average Bonchev–Trinajstić information content (AvgIpc) is 3.19. The lowest BCUT2D eigenvalue weighted by molar-refractivity contribution is 0.0965. The maximum atomic E-state index is 12.8. The number of aromatic nitrogens is 2. The zero-order valence-corrected chi connectivity index (χ0v) is 18.7. The molecule has 7 nitrogen and oxygen atoms in total. The highest BCUT2D eigenvalue weighted by Crippen LogP contribution is 2.31. The van der Waals surface area contributed by atoms with Crippen LogP contribution in [0.15, 0.2) is 64.3 Å². The number of thioether (sulfide) groups is 1. The van der Waals surface area contributed by atoms with Crippen LogP contribution in [0.4, 0.5) is 5.69 Å². The maximum Gasteiger partial charge on any atom is 0.267 e. The quantitative estimate of drug-likeness (QED) is 0.419. The first-order chi connectivity index (χ1) is 14.8. The van der Waals surface area contributed by atoms with E-state index in [1.54, 1.807) is 36.0 Å². The first-order valence-electron chi connectivity index (χ1n) is 9.63. The lowest BCUT2D eigenvalue weighted by atomic mass is 10.1. The lowest BCUT2D eigenvalue weighted by Gasteiger charge is -2.16. The summed E-state index contributed by atoms with van der Waals surface area (Å²) < 4.78 is 26.3. The second-order valence-corrected chi connectivity index (χ2v) is 10.1. The van der Waals surface area contributed by atoms with Crippen LogP contribution in [0.1, 0.15) is 15.9 Å². The maximum absolute atomic E-state index is 12.8. The van der Waals surface area contributed by atoms with Gasteiger partial charge in [-0.05, 0) is 54.6 Å². The minimum absolute atomic E-state index is 0.190. The molecular formula is C22H21N3O4S2. The second-order valence-electron chi connectivity index (χ2n) is 7.29. The molecule has 0 bridgehead atoms. The van der Waals surface area contributed by atoms with E-state index in [0.29, 0.717) is 29.9 Å². The normalized spacial score (nSPS) is 13.3. The van der Waals surface area contributed by atoms with Gasteiger partial charge in [-0.25, -0.2) is 13.1 Å². The second kappa shape index (κ2) is 8.32. The molecule has 2 heterocycles. The Hall–Kier alpha value is -2.91. The topological polar surface area (TPSA) is 89.3 Å². The smallest absolute Gasteiger partial charge is 0.267 e. The summed E-state index contributed by atoms with van der Waals surface area (Å²) in [6.07, 6.45) is 3.71. The van der Waals surface area contributed by atoms with Gasteiger partial charge in [0, 0.05) is 28.6 Å². The third kappa shape index (κ3) is 4.42. The molecule has 0 radical (unpaired) electrons. The average molecular weight is 456 g/mol. The van der Waals surface area contributed by atoms with Crippen molar-refractivity contribution in [1.29, 1.82) is 0 Å². The molecule has 0 N–H and O–H groups in total. The Labute approximate surface area is 184 Å². The van der Waals surface area contributed by atoms with E-state index in [1.165, 1.54) is 16.6 Å². The van der Waals surface area contributed by atoms with Gasteiger partial charge in [-0.15, -0.1) is 11.8 Å². The van der Waals surface area contributed by atoms with Crippen molar-refractivity contribution in [3.8, 4) is 11.3 Å². The Morgan fingerprint density at radius 1 is 1.10 bits per heavy atom. The van der Waals surface area contributed by atoms with Crippen LogP contribution in [-0.2, 0) is 23.0 Å². The first kappa shape index (κ1) is 21.3. The standard InChI is InChI=1S/C22H21N3O4S2/c1-30-18-6-3-15(4-7-18)19-8-10-22(27)24(23-19)14-21(26)17-5-9-20-16(13-17)11-12-25(20)31(2,28)29/h3-10,13H,11-12,14H2,1-2H3. The molecule has 0 unspecified atom stereocenters. The monoisotopic (exact) mass is 455 g/mol. The number of sulfonamides is 1. The number of fused-ring (bicyclic) bond motifs is 1. The number of rotatable bonds is 6. The molecule has 0 saturated carbocycles. The number of Topliss-reactive ketones (excluding diaryl/α,β-unsaturated/α-hetero) is 1. The van der Waals surface area contributed by atoms with Crippen LogP contribution in [-0.4, -0.2) is 43.0 Å². The number of nitrogens with zero attached hydrogens (tertiary/aromatic N) is 3. The summed E-state index contributed by atoms with van der Waals surface area (Å²) in [5.74, 6) is -0.259. The van der Waals surface area contributed by atoms with Crippen LogP contribution in [0.3, 0.4) is 0 Å². The molecule has 1 aromatic heterocycles. The van der Waals surface area contributed by atoms with Crippen molar-refractivity contribution in [3.63, 3.8) is 0 Å². The fraction of sp³-hybridized carbons (Fsp3) is 0.227. The van der Waals surface area contributed by atoms with E-state index < -0.39 is 10.0 Å². The van der Waals surface area contributed by atoms with Crippen LogP contribution in [0.5, 0.6) is 0 Å². The Balaban J connectivity index is 1.58. The molecule has 160 valence electrons. The summed E-state index contributed by atoms with van der Waals surface area (Å²) in [5, 5.41) is 4.37. The number of hydrogen-bond acceptors (Lipinski definition) is 6. The molecule has 0 amide bonds. The number of benzene rings is 2. The zero-order chi connectivity index (χ0) is 22.2. The number of hydrogen-bond donors (Lipinski definition) is 0. The summed E-state index contributed by atoms with van der Waals surface area (Å²) >= 11 is 1.64. The molecule has 2 aromatic carbocycles. The number of ketones is 1. The third-order valence-electron chi connectivity index (χ3n) is 5.20. The van der Waals surface area contributed by atoms with Crippen molar-refractivity contribution in [3.05, 3.63) is 76.1 Å². The van der Waals surface area contributed by atoms with Gasteiger partial charge in [-0.1, -0.05) is 12.1 Å². The highest BCUT2D eigenvalue weighted by atomic mass is 32.2. The number of carbonyl (C=O) groups is 1.